The average molecular weight is 420 g/mol. The number of carboxylic acids is 1. The van der Waals surface area contributed by atoms with Gasteiger partial charge in [-0.2, -0.15) is 0 Å². The third-order valence-electron chi connectivity index (χ3n) is 6.26. The highest BCUT2D eigenvalue weighted by Crippen LogP contribution is 2.51. The van der Waals surface area contributed by atoms with Gasteiger partial charge in [-0.05, 0) is 19.4 Å². The van der Waals surface area contributed by atoms with Crippen LogP contribution in [0.15, 0.2) is 12.1 Å². The standard InChI is InChI=1S/C21H28N2O7/c1-5-6-9-23-18(25)14-15(19(23)26)21(10-24,20(27)28)22-16(14)12-7-8-13(29-3)11(2)17(12)30-4/h7-8,14-16,22,24H,5-6,9-10H2,1-4H3,(H,27,28). The molecule has 9 nitrogen and oxygen atoms in total. The normalized spacial score (nSPS) is 28.0. The van der Waals surface area contributed by atoms with Gasteiger partial charge in [0.1, 0.15) is 11.5 Å². The molecule has 2 heterocycles. The van der Waals surface area contributed by atoms with Gasteiger partial charge in [0.25, 0.3) is 0 Å². The van der Waals surface area contributed by atoms with Crippen molar-refractivity contribution in [1.82, 2.24) is 10.2 Å². The van der Waals surface area contributed by atoms with E-state index < -0.39 is 47.8 Å². The van der Waals surface area contributed by atoms with Gasteiger partial charge >= 0.3 is 5.97 Å². The van der Waals surface area contributed by atoms with E-state index in [1.165, 1.54) is 14.2 Å². The Balaban J connectivity index is 2.16. The van der Waals surface area contributed by atoms with E-state index in [0.29, 0.717) is 29.0 Å². The third-order valence-corrected chi connectivity index (χ3v) is 6.26. The first-order valence-corrected chi connectivity index (χ1v) is 9.97. The number of fused-ring (bicyclic) bond motifs is 1. The number of aliphatic hydroxyl groups excluding tert-OH is 1. The Bertz CT molecular complexity index is 871. The van der Waals surface area contributed by atoms with Crippen LogP contribution in [0.4, 0.5) is 0 Å². The van der Waals surface area contributed by atoms with Crippen LogP contribution in [0.3, 0.4) is 0 Å². The molecule has 1 aromatic rings. The van der Waals surface area contributed by atoms with Crippen LogP contribution in [-0.2, 0) is 14.4 Å². The molecule has 2 fully saturated rings. The monoisotopic (exact) mass is 420 g/mol. The number of carbonyl (C=O) groups excluding carboxylic acids is 2. The number of carboxylic acid groups (broad SMARTS) is 1. The van der Waals surface area contributed by atoms with Crippen LogP contribution in [0.5, 0.6) is 11.5 Å². The summed E-state index contributed by atoms with van der Waals surface area (Å²) in [5.74, 6) is -3.50. The van der Waals surface area contributed by atoms with E-state index in [9.17, 15) is 24.6 Å². The van der Waals surface area contributed by atoms with E-state index in [-0.39, 0.29) is 6.54 Å². The Hall–Kier alpha value is -2.65. The van der Waals surface area contributed by atoms with E-state index in [4.69, 9.17) is 9.47 Å². The summed E-state index contributed by atoms with van der Waals surface area (Å²) in [5, 5.41) is 22.9. The zero-order valence-electron chi connectivity index (χ0n) is 17.6. The predicted octanol–water partition coefficient (Wildman–Crippen LogP) is 0.874. The molecule has 2 amide bonds. The van der Waals surface area contributed by atoms with Crippen molar-refractivity contribution in [2.75, 3.05) is 27.4 Å². The van der Waals surface area contributed by atoms with Crippen LogP contribution in [0.25, 0.3) is 0 Å². The van der Waals surface area contributed by atoms with Gasteiger partial charge < -0.3 is 19.7 Å². The Morgan fingerprint density at radius 1 is 1.23 bits per heavy atom. The number of aliphatic carboxylic acids is 1. The molecule has 4 atom stereocenters. The molecule has 0 bridgehead atoms. The molecule has 1 aromatic carbocycles. The van der Waals surface area contributed by atoms with Gasteiger partial charge in [-0.15, -0.1) is 0 Å². The quantitative estimate of drug-likeness (QED) is 0.529. The molecule has 2 aliphatic heterocycles. The molecular formula is C21H28N2O7. The average Bonchev–Trinajstić information content (AvgIpc) is 3.21. The smallest absolute Gasteiger partial charge is 0.327 e. The van der Waals surface area contributed by atoms with Gasteiger partial charge in [-0.3, -0.25) is 24.6 Å². The van der Waals surface area contributed by atoms with Crippen molar-refractivity contribution in [3.8, 4) is 11.5 Å². The summed E-state index contributed by atoms with van der Waals surface area (Å²) in [6, 6.07) is 2.58. The van der Waals surface area contributed by atoms with E-state index in [1.807, 2.05) is 6.92 Å². The number of nitrogens with one attached hydrogen (secondary N) is 1. The Kier molecular flexibility index (Phi) is 6.05. The highest BCUT2D eigenvalue weighted by Gasteiger charge is 2.68. The van der Waals surface area contributed by atoms with Crippen LogP contribution in [0, 0.1) is 18.8 Å². The van der Waals surface area contributed by atoms with Gasteiger partial charge in [0, 0.05) is 23.7 Å². The molecule has 2 saturated heterocycles. The molecule has 3 N–H and O–H groups in total. The van der Waals surface area contributed by atoms with Crippen molar-refractivity contribution < 1.29 is 34.1 Å². The van der Waals surface area contributed by atoms with Crippen LogP contribution in [0.2, 0.25) is 0 Å². The molecular weight excluding hydrogens is 392 g/mol. The van der Waals surface area contributed by atoms with Crippen molar-refractivity contribution in [2.24, 2.45) is 11.8 Å². The maximum atomic E-state index is 13.2. The summed E-state index contributed by atoms with van der Waals surface area (Å²) in [4.78, 5) is 39.7. The lowest BCUT2D eigenvalue weighted by Gasteiger charge is -2.29. The second kappa shape index (κ2) is 8.23. The van der Waals surface area contributed by atoms with Crippen LogP contribution in [-0.4, -0.2) is 65.8 Å². The summed E-state index contributed by atoms with van der Waals surface area (Å²) in [6.45, 7) is 3.14. The van der Waals surface area contributed by atoms with Crippen molar-refractivity contribution in [2.45, 2.75) is 38.3 Å². The number of nitrogens with zero attached hydrogens (tertiary/aromatic N) is 1. The number of imide groups is 1. The Morgan fingerprint density at radius 2 is 1.93 bits per heavy atom. The lowest BCUT2D eigenvalue weighted by Crippen LogP contribution is -2.58. The highest BCUT2D eigenvalue weighted by atomic mass is 16.5. The fraction of sp³-hybridized carbons (Fsp3) is 0.571. The number of benzene rings is 1. The molecule has 0 aromatic heterocycles. The zero-order chi connectivity index (χ0) is 22.2. The van der Waals surface area contributed by atoms with Crippen molar-refractivity contribution in [3.63, 3.8) is 0 Å². The molecule has 2 aliphatic rings. The third kappa shape index (κ3) is 3.04. The first-order chi connectivity index (χ1) is 14.3. The summed E-state index contributed by atoms with van der Waals surface area (Å²) in [7, 11) is 3.00. The van der Waals surface area contributed by atoms with Crippen molar-refractivity contribution >= 4 is 17.8 Å². The molecule has 30 heavy (non-hydrogen) atoms. The topological polar surface area (TPSA) is 125 Å². The molecule has 9 heteroatoms. The minimum absolute atomic E-state index is 0.230. The fourth-order valence-corrected chi connectivity index (χ4v) is 4.71. The van der Waals surface area contributed by atoms with Gasteiger partial charge in [-0.1, -0.05) is 19.4 Å². The van der Waals surface area contributed by atoms with Crippen LogP contribution < -0.4 is 14.8 Å². The molecule has 0 radical (unpaired) electrons. The molecule has 4 unspecified atom stereocenters. The van der Waals surface area contributed by atoms with Crippen LogP contribution in [0.1, 0.15) is 36.9 Å². The Labute approximate surface area is 175 Å². The number of ether oxygens (including phenoxy) is 2. The highest BCUT2D eigenvalue weighted by molar-refractivity contribution is 6.09. The van der Waals surface area contributed by atoms with E-state index in [2.05, 4.69) is 5.32 Å². The van der Waals surface area contributed by atoms with Crippen molar-refractivity contribution in [3.05, 3.63) is 23.3 Å². The first-order valence-electron chi connectivity index (χ1n) is 9.97. The summed E-state index contributed by atoms with van der Waals surface area (Å²) < 4.78 is 10.9. The van der Waals surface area contributed by atoms with E-state index in [1.54, 1.807) is 19.1 Å². The Morgan fingerprint density at radius 3 is 2.47 bits per heavy atom. The molecule has 0 spiro atoms. The first kappa shape index (κ1) is 22.0. The van der Waals surface area contributed by atoms with Crippen LogP contribution >= 0.6 is 0 Å². The molecule has 3 rings (SSSR count). The number of aliphatic hydroxyl groups is 1. The number of amides is 2. The second-order valence-electron chi connectivity index (χ2n) is 7.76. The zero-order valence-corrected chi connectivity index (χ0v) is 17.6. The number of methoxy groups -OCH3 is 2. The lowest BCUT2D eigenvalue weighted by atomic mass is 9.79. The number of hydrogen-bond acceptors (Lipinski definition) is 7. The van der Waals surface area contributed by atoms with Gasteiger partial charge in [0.2, 0.25) is 11.8 Å². The minimum atomic E-state index is -1.96. The predicted molar refractivity (Wildman–Crippen MR) is 106 cm³/mol. The number of likely N-dealkylation sites (tertiary alicyclic amines) is 1. The number of hydrogen-bond donors (Lipinski definition) is 3. The summed E-state index contributed by atoms with van der Waals surface area (Å²) in [6.07, 6.45) is 1.41. The minimum Gasteiger partial charge on any atom is -0.496 e. The number of unbranched alkanes of at least 4 members (excludes halogenated alkanes) is 1. The molecule has 0 saturated carbocycles. The van der Waals surface area contributed by atoms with Crippen molar-refractivity contribution in [1.29, 1.82) is 0 Å². The van der Waals surface area contributed by atoms with E-state index in [0.717, 1.165) is 11.3 Å². The van der Waals surface area contributed by atoms with E-state index >= 15 is 0 Å². The van der Waals surface area contributed by atoms with Gasteiger partial charge in [-0.25, -0.2) is 0 Å². The fourth-order valence-electron chi connectivity index (χ4n) is 4.71. The molecule has 0 aliphatic carbocycles. The van der Waals surface area contributed by atoms with Gasteiger partial charge in [0.05, 0.1) is 32.7 Å². The largest absolute Gasteiger partial charge is 0.496 e. The summed E-state index contributed by atoms with van der Waals surface area (Å²) >= 11 is 0. The molecule has 164 valence electrons. The SMILES string of the molecule is CCCCN1C(=O)C2C(c3ccc(OC)c(C)c3OC)NC(CO)(C(=O)O)C2C1=O. The number of carbonyl (C=O) groups is 3. The number of rotatable bonds is 8. The maximum absolute atomic E-state index is 13.2. The summed E-state index contributed by atoms with van der Waals surface area (Å²) in [5.41, 5.74) is -0.727. The lowest BCUT2D eigenvalue weighted by molar-refractivity contribution is -0.153. The maximum Gasteiger partial charge on any atom is 0.327 e. The van der Waals surface area contributed by atoms with Gasteiger partial charge in [0.15, 0.2) is 5.54 Å². The second-order valence-corrected chi connectivity index (χ2v) is 7.76.